The molecule has 1 aliphatic rings. The van der Waals surface area contributed by atoms with Crippen molar-refractivity contribution in [1.82, 2.24) is 15.2 Å². The van der Waals surface area contributed by atoms with Crippen LogP contribution in [0.1, 0.15) is 5.56 Å². The quantitative estimate of drug-likeness (QED) is 0.192. The molecule has 6 rings (SSSR count). The molecule has 14 nitrogen and oxygen atoms in total. The number of nitro groups is 1. The van der Waals surface area contributed by atoms with Crippen molar-refractivity contribution in [2.24, 2.45) is 10.2 Å². The first-order chi connectivity index (χ1) is 20.3. The highest BCUT2D eigenvalue weighted by atomic mass is 32.1. The number of ether oxygens (including phenoxy) is 1. The molecule has 2 aromatic heterocycles. The minimum absolute atomic E-state index is 0.0470. The number of aromatic nitrogens is 3. The lowest BCUT2D eigenvalue weighted by Crippen LogP contribution is -2.29. The van der Waals surface area contributed by atoms with Crippen LogP contribution in [0.25, 0.3) is 22.0 Å². The van der Waals surface area contributed by atoms with Crippen LogP contribution in [0.5, 0.6) is 5.75 Å². The largest absolute Gasteiger partial charge is 0.497 e. The number of benzene rings is 3. The molecule has 0 aliphatic carbocycles. The fourth-order valence-corrected chi connectivity index (χ4v) is 5.04. The average molecular weight is 583 g/mol. The van der Waals surface area contributed by atoms with E-state index in [1.807, 2.05) is 12.1 Å². The van der Waals surface area contributed by atoms with E-state index in [1.165, 1.54) is 47.7 Å². The lowest BCUT2D eigenvalue weighted by atomic mass is 10.1. The van der Waals surface area contributed by atoms with Gasteiger partial charge in [0.15, 0.2) is 5.71 Å². The number of thiazole rings is 1. The molecule has 15 heteroatoms. The van der Waals surface area contributed by atoms with Gasteiger partial charge in [-0.25, -0.2) is 4.98 Å². The Kier molecular flexibility index (Phi) is 6.60. The number of nitro benzene ring substituents is 1. The zero-order valence-corrected chi connectivity index (χ0v) is 22.3. The van der Waals surface area contributed by atoms with Gasteiger partial charge in [0.1, 0.15) is 11.5 Å². The second kappa shape index (κ2) is 10.5. The molecule has 208 valence electrons. The summed E-state index contributed by atoms with van der Waals surface area (Å²) in [4.78, 5) is 53.6. The predicted octanol–water partition coefficient (Wildman–Crippen LogP) is 3.48. The number of carbonyl (C=O) groups excluding carboxylic acids is 1. The molecule has 0 saturated carbocycles. The number of nitrogens with one attached hydrogen (secondary N) is 3. The molecule has 3 aromatic carbocycles. The first-order valence-electron chi connectivity index (χ1n) is 12.2. The highest BCUT2D eigenvalue weighted by molar-refractivity contribution is 7.14. The lowest BCUT2D eigenvalue weighted by molar-refractivity contribution is -0.384. The van der Waals surface area contributed by atoms with E-state index in [4.69, 9.17) is 4.74 Å². The summed E-state index contributed by atoms with van der Waals surface area (Å²) in [6, 6.07) is 17.3. The number of amides is 1. The van der Waals surface area contributed by atoms with Crippen molar-refractivity contribution in [1.29, 1.82) is 0 Å². The number of hydrazone groups is 2. The zero-order valence-electron chi connectivity index (χ0n) is 21.5. The van der Waals surface area contributed by atoms with Crippen LogP contribution in [0, 0.1) is 10.1 Å². The fraction of sp³-hybridized carbons (Fsp3) is 0.0370. The van der Waals surface area contributed by atoms with E-state index < -0.39 is 21.9 Å². The predicted molar refractivity (Wildman–Crippen MR) is 157 cm³/mol. The number of non-ortho nitro benzene ring substituents is 1. The topological polar surface area (TPSA) is 188 Å². The van der Waals surface area contributed by atoms with Gasteiger partial charge in [-0.1, -0.05) is 6.07 Å². The Balaban J connectivity index is 1.40. The van der Waals surface area contributed by atoms with E-state index in [2.05, 4.69) is 30.8 Å². The number of nitrogens with zero attached hydrogens (tertiary/aromatic N) is 5. The molecule has 3 heterocycles. The van der Waals surface area contributed by atoms with Crippen molar-refractivity contribution in [2.75, 3.05) is 17.5 Å². The Morgan fingerprint density at radius 1 is 0.976 bits per heavy atom. The summed E-state index contributed by atoms with van der Waals surface area (Å²) in [6.45, 7) is 0. The van der Waals surface area contributed by atoms with Crippen molar-refractivity contribution in [2.45, 2.75) is 0 Å². The van der Waals surface area contributed by atoms with Crippen molar-refractivity contribution in [3.8, 4) is 17.0 Å². The minimum atomic E-state index is -0.626. The third-order valence-electron chi connectivity index (χ3n) is 6.34. The molecule has 1 amide bonds. The number of methoxy groups -OCH3 is 1. The van der Waals surface area contributed by atoms with Crippen LogP contribution >= 0.6 is 11.3 Å². The van der Waals surface area contributed by atoms with Crippen molar-refractivity contribution >= 4 is 55.9 Å². The number of rotatable bonds is 7. The Morgan fingerprint density at radius 2 is 1.69 bits per heavy atom. The van der Waals surface area contributed by atoms with Gasteiger partial charge < -0.3 is 4.74 Å². The van der Waals surface area contributed by atoms with Gasteiger partial charge in [-0.15, -0.1) is 11.3 Å². The van der Waals surface area contributed by atoms with E-state index in [1.54, 1.807) is 30.7 Å². The fourth-order valence-electron chi connectivity index (χ4n) is 4.25. The summed E-state index contributed by atoms with van der Waals surface area (Å²) >= 11 is 1.19. The summed E-state index contributed by atoms with van der Waals surface area (Å²) < 4.78 is 5.20. The summed E-state index contributed by atoms with van der Waals surface area (Å²) in [5.74, 6) is 0.0610. The van der Waals surface area contributed by atoms with Crippen molar-refractivity contribution in [3.05, 3.63) is 108 Å². The lowest BCUT2D eigenvalue weighted by Gasteiger charge is -2.07. The summed E-state index contributed by atoms with van der Waals surface area (Å²) in [5.41, 5.74) is 3.48. The third kappa shape index (κ3) is 4.69. The molecule has 42 heavy (non-hydrogen) atoms. The maximum absolute atomic E-state index is 13.7. The third-order valence-corrected chi connectivity index (χ3v) is 7.16. The second-order valence-electron chi connectivity index (χ2n) is 8.82. The standard InChI is InChI=1S/C27H18N8O6S/c1-41-17-11-7-14(8-12-17)20-13-42-27(28-20)34-26(38)23(22(33-34)15-5-9-16(10-6-15)35(39)40)30-29-19-4-2-3-18-21(19)25(37)32-31-24(18)36/h2-13,29H,1H3,(H,31,36)(H,32,37)/b30-23+. The normalized spacial score (nSPS) is 13.9. The monoisotopic (exact) mass is 582 g/mol. The number of fused-ring (bicyclic) bond motifs is 1. The van der Waals surface area contributed by atoms with E-state index in [0.717, 1.165) is 10.6 Å². The summed E-state index contributed by atoms with van der Waals surface area (Å²) in [5, 5.41) is 27.8. The van der Waals surface area contributed by atoms with Crippen LogP contribution in [-0.2, 0) is 4.79 Å². The maximum Gasteiger partial charge on any atom is 0.303 e. The molecule has 0 fully saturated rings. The molecule has 3 N–H and O–H groups in total. The van der Waals surface area contributed by atoms with E-state index in [9.17, 15) is 24.5 Å². The van der Waals surface area contributed by atoms with Crippen LogP contribution in [0.15, 0.2) is 91.9 Å². The first-order valence-corrected chi connectivity index (χ1v) is 13.1. The van der Waals surface area contributed by atoms with Gasteiger partial charge in [0.2, 0.25) is 5.13 Å². The molecule has 0 radical (unpaired) electrons. The van der Waals surface area contributed by atoms with Gasteiger partial charge in [-0.05, 0) is 48.5 Å². The van der Waals surface area contributed by atoms with Crippen LogP contribution in [-0.4, -0.2) is 44.5 Å². The molecular formula is C27H18N8O6S. The highest BCUT2D eigenvalue weighted by Gasteiger charge is 2.36. The molecule has 0 bridgehead atoms. The SMILES string of the molecule is COc1ccc(-c2csc(N3N=C(c4ccc([N+](=O)[O-])cc4)/C(=N\Nc4cccc5c(=O)[nH][nH]c(=O)c45)C3=O)n2)cc1. The maximum atomic E-state index is 13.7. The Morgan fingerprint density at radius 3 is 2.40 bits per heavy atom. The molecular weight excluding hydrogens is 564 g/mol. The van der Waals surface area contributed by atoms with Gasteiger partial charge in [-0.3, -0.25) is 40.1 Å². The highest BCUT2D eigenvalue weighted by Crippen LogP contribution is 2.31. The molecule has 0 spiro atoms. The minimum Gasteiger partial charge on any atom is -0.497 e. The number of hydrogen-bond acceptors (Lipinski definition) is 11. The van der Waals surface area contributed by atoms with Crippen molar-refractivity contribution in [3.63, 3.8) is 0 Å². The number of H-pyrrole nitrogens is 2. The molecule has 0 atom stereocenters. The van der Waals surface area contributed by atoms with Gasteiger partial charge in [-0.2, -0.15) is 15.2 Å². The second-order valence-corrected chi connectivity index (χ2v) is 9.66. The summed E-state index contributed by atoms with van der Waals surface area (Å²) in [6.07, 6.45) is 0. The van der Waals surface area contributed by atoms with E-state index >= 15 is 0 Å². The Labute approximate surface area is 238 Å². The van der Waals surface area contributed by atoms with Crippen LogP contribution in [0.2, 0.25) is 0 Å². The van der Waals surface area contributed by atoms with Gasteiger partial charge in [0, 0.05) is 28.6 Å². The van der Waals surface area contributed by atoms with Crippen molar-refractivity contribution < 1.29 is 14.5 Å². The number of aromatic amines is 2. The summed E-state index contributed by atoms with van der Waals surface area (Å²) in [7, 11) is 1.57. The first kappa shape index (κ1) is 26.3. The molecule has 1 aliphatic heterocycles. The van der Waals surface area contributed by atoms with E-state index in [0.29, 0.717) is 17.0 Å². The number of hydrogen-bond donors (Lipinski definition) is 3. The Hall–Kier alpha value is -5.96. The van der Waals surface area contributed by atoms with E-state index in [-0.39, 0.29) is 38.7 Å². The van der Waals surface area contributed by atoms with Gasteiger partial charge in [0.05, 0.1) is 34.2 Å². The molecule has 0 unspecified atom stereocenters. The molecule has 5 aromatic rings. The van der Waals surface area contributed by atoms with Crippen LogP contribution in [0.3, 0.4) is 0 Å². The Bertz CT molecular complexity index is 2040. The zero-order chi connectivity index (χ0) is 29.4. The number of anilines is 2. The smallest absolute Gasteiger partial charge is 0.303 e. The average Bonchev–Trinajstić information content (AvgIpc) is 3.62. The van der Waals surface area contributed by atoms with Gasteiger partial charge >= 0.3 is 5.91 Å². The number of carbonyl (C=O) groups is 1. The molecule has 0 saturated heterocycles. The van der Waals surface area contributed by atoms with Gasteiger partial charge in [0.25, 0.3) is 16.8 Å². The van der Waals surface area contributed by atoms with Crippen LogP contribution < -0.4 is 26.3 Å². The van der Waals surface area contributed by atoms with Crippen LogP contribution in [0.4, 0.5) is 16.5 Å².